The molecule has 3 aromatic rings. The minimum atomic E-state index is -1.11. The Kier molecular flexibility index (Phi) is 8.89. The van der Waals surface area contributed by atoms with Gasteiger partial charge in [0.25, 0.3) is 0 Å². The second-order valence-electron chi connectivity index (χ2n) is 7.69. The number of nitrogens with one attached hydrogen (secondary N) is 2. The topological polar surface area (TPSA) is 111 Å². The van der Waals surface area contributed by atoms with Crippen LogP contribution in [0, 0.1) is 5.41 Å². The molecule has 4 rings (SSSR count). The second-order valence-corrected chi connectivity index (χ2v) is 7.69. The second kappa shape index (κ2) is 11.2. The molecule has 8 heteroatoms. The average molecular weight is 475 g/mol. The fraction of sp³-hybridized carbons (Fsp3) is 0.250. The highest BCUT2D eigenvalue weighted by molar-refractivity contribution is 5.99. The van der Waals surface area contributed by atoms with Gasteiger partial charge in [-0.05, 0) is 59.5 Å². The number of benzene rings is 3. The van der Waals surface area contributed by atoms with E-state index in [2.05, 4.69) is 5.32 Å². The molecule has 0 saturated carbocycles. The van der Waals surface area contributed by atoms with Gasteiger partial charge in [-0.25, -0.2) is 0 Å². The number of nitrogens with two attached hydrogens (primary N) is 1. The fourth-order valence-corrected chi connectivity index (χ4v) is 3.86. The first-order valence-corrected chi connectivity index (χ1v) is 10.0. The summed E-state index contributed by atoms with van der Waals surface area (Å²) in [4.78, 5) is 11.9. The van der Waals surface area contributed by atoms with Crippen LogP contribution in [0.1, 0.15) is 29.0 Å². The maximum atomic E-state index is 11.9. The molecule has 4 N–H and O–H groups in total. The third kappa shape index (κ3) is 5.91. The summed E-state index contributed by atoms with van der Waals surface area (Å²) in [6, 6.07) is 18.6. The molecule has 1 heterocycles. The van der Waals surface area contributed by atoms with Crippen molar-refractivity contribution in [3.8, 4) is 5.75 Å². The largest absolute Gasteiger partial charge is 0.549 e. The van der Waals surface area contributed by atoms with Crippen molar-refractivity contribution in [1.82, 2.24) is 5.32 Å². The Bertz CT molecular complexity index is 1080. The maximum absolute atomic E-state index is 11.9. The standard InChI is InChI=1S/C24H25N3O3.2ClH/c25-23(26)18-4-3-16-2-1-15(11-19(16)13-18)12-22(24(28)29)17-5-7-20(8-6-17)30-21-9-10-27-14-21;;/h1-8,11,13,21-22,27H,9-10,12,14H2,(H3,25,26)(H,28,29);2*1H/p-1/t21-,22-;;/m0../s1. The molecular formula is C24H26Cl2N3O3-. The van der Waals surface area contributed by atoms with Crippen LogP contribution >= 0.6 is 24.8 Å². The molecule has 170 valence electrons. The molecule has 1 saturated heterocycles. The number of amidine groups is 1. The number of carboxylic acids is 1. The molecule has 0 radical (unpaired) electrons. The first-order chi connectivity index (χ1) is 14.5. The summed E-state index contributed by atoms with van der Waals surface area (Å²) in [5.41, 5.74) is 7.80. The lowest BCUT2D eigenvalue weighted by Crippen LogP contribution is -2.31. The minimum Gasteiger partial charge on any atom is -0.549 e. The van der Waals surface area contributed by atoms with Crippen molar-refractivity contribution in [1.29, 1.82) is 5.41 Å². The van der Waals surface area contributed by atoms with Crippen LogP contribution in [-0.4, -0.2) is 31.0 Å². The fourth-order valence-electron chi connectivity index (χ4n) is 3.86. The molecule has 0 bridgehead atoms. The first kappa shape index (κ1) is 25.5. The zero-order valence-corrected chi connectivity index (χ0v) is 19.0. The van der Waals surface area contributed by atoms with Crippen molar-refractivity contribution in [2.75, 3.05) is 13.1 Å². The van der Waals surface area contributed by atoms with Gasteiger partial charge < -0.3 is 25.7 Å². The summed E-state index contributed by atoms with van der Waals surface area (Å²) < 4.78 is 5.91. The molecule has 1 aliphatic heterocycles. The van der Waals surface area contributed by atoms with Crippen LogP contribution in [0.5, 0.6) is 5.75 Å². The summed E-state index contributed by atoms with van der Waals surface area (Å²) in [6.45, 7) is 1.78. The Labute approximate surface area is 199 Å². The molecule has 0 aliphatic carbocycles. The van der Waals surface area contributed by atoms with Crippen LogP contribution in [0.4, 0.5) is 0 Å². The van der Waals surface area contributed by atoms with Crippen LogP contribution in [-0.2, 0) is 11.2 Å². The van der Waals surface area contributed by atoms with Crippen LogP contribution in [0.3, 0.4) is 0 Å². The van der Waals surface area contributed by atoms with E-state index in [0.29, 0.717) is 17.5 Å². The zero-order chi connectivity index (χ0) is 21.1. The van der Waals surface area contributed by atoms with Crippen molar-refractivity contribution in [2.45, 2.75) is 24.9 Å². The maximum Gasteiger partial charge on any atom is 0.122 e. The smallest absolute Gasteiger partial charge is 0.122 e. The van der Waals surface area contributed by atoms with E-state index in [1.807, 2.05) is 42.5 Å². The minimum absolute atomic E-state index is 0. The van der Waals surface area contributed by atoms with Crippen LogP contribution in [0.25, 0.3) is 10.8 Å². The first-order valence-electron chi connectivity index (χ1n) is 10.0. The van der Waals surface area contributed by atoms with Gasteiger partial charge in [0.1, 0.15) is 17.7 Å². The van der Waals surface area contributed by atoms with Crippen LogP contribution in [0.2, 0.25) is 0 Å². The lowest BCUT2D eigenvalue weighted by molar-refractivity contribution is -0.308. The number of carbonyl (C=O) groups is 1. The molecule has 2 atom stereocenters. The van der Waals surface area contributed by atoms with Gasteiger partial charge in [0.15, 0.2) is 0 Å². The van der Waals surface area contributed by atoms with Gasteiger partial charge in [-0.1, -0.05) is 42.5 Å². The summed E-state index contributed by atoms with van der Waals surface area (Å²) >= 11 is 0. The monoisotopic (exact) mass is 474 g/mol. The number of aliphatic carboxylic acids is 1. The van der Waals surface area contributed by atoms with E-state index >= 15 is 0 Å². The van der Waals surface area contributed by atoms with Gasteiger partial charge >= 0.3 is 0 Å². The van der Waals surface area contributed by atoms with Crippen molar-refractivity contribution >= 4 is 47.4 Å². The van der Waals surface area contributed by atoms with Crippen molar-refractivity contribution in [2.24, 2.45) is 5.73 Å². The van der Waals surface area contributed by atoms with Crippen LogP contribution in [0.15, 0.2) is 60.7 Å². The number of hydrogen-bond donors (Lipinski definition) is 3. The van der Waals surface area contributed by atoms with Gasteiger partial charge in [-0.2, -0.15) is 0 Å². The molecule has 0 spiro atoms. The van der Waals surface area contributed by atoms with E-state index in [9.17, 15) is 9.90 Å². The van der Waals surface area contributed by atoms with E-state index in [0.717, 1.165) is 41.6 Å². The predicted molar refractivity (Wildman–Crippen MR) is 129 cm³/mol. The van der Waals surface area contributed by atoms with E-state index in [-0.39, 0.29) is 36.8 Å². The Balaban J connectivity index is 0.00000181. The predicted octanol–water partition coefficient (Wildman–Crippen LogP) is 2.78. The van der Waals surface area contributed by atoms with Gasteiger partial charge in [0, 0.05) is 24.0 Å². The highest BCUT2D eigenvalue weighted by Gasteiger charge is 2.17. The summed E-state index contributed by atoms with van der Waals surface area (Å²) in [6.07, 6.45) is 1.44. The van der Waals surface area contributed by atoms with Crippen molar-refractivity contribution < 1.29 is 14.6 Å². The van der Waals surface area contributed by atoms with Gasteiger partial charge in [-0.3, -0.25) is 5.41 Å². The number of carbonyl (C=O) groups excluding carboxylic acids is 1. The molecule has 0 amide bonds. The molecule has 0 unspecified atom stereocenters. The molecule has 3 aromatic carbocycles. The SMILES string of the molecule is Cl.Cl.N=C(N)c1ccc2ccc(C[C@H](C(=O)[O-])c3ccc(O[C@H]4CCNC4)cc3)cc2c1. The molecule has 32 heavy (non-hydrogen) atoms. The molecular weight excluding hydrogens is 449 g/mol. The lowest BCUT2D eigenvalue weighted by atomic mass is 9.91. The number of rotatable bonds is 7. The van der Waals surface area contributed by atoms with Crippen molar-refractivity contribution in [3.05, 3.63) is 77.4 Å². The number of nitrogen functional groups attached to an aromatic ring is 1. The number of hydrogen-bond acceptors (Lipinski definition) is 5. The van der Waals surface area contributed by atoms with Gasteiger partial charge in [0.2, 0.25) is 0 Å². The quantitative estimate of drug-likeness (QED) is 0.360. The van der Waals surface area contributed by atoms with E-state index < -0.39 is 11.9 Å². The Morgan fingerprint density at radius 1 is 1.09 bits per heavy atom. The van der Waals surface area contributed by atoms with Crippen molar-refractivity contribution in [3.63, 3.8) is 0 Å². The number of carboxylic acid groups (broad SMARTS) is 1. The Morgan fingerprint density at radius 2 is 1.81 bits per heavy atom. The zero-order valence-electron chi connectivity index (χ0n) is 17.4. The van der Waals surface area contributed by atoms with Crippen LogP contribution < -0.4 is 20.9 Å². The normalized spacial score (nSPS) is 15.9. The molecule has 0 aromatic heterocycles. The van der Waals surface area contributed by atoms with E-state index in [4.69, 9.17) is 15.9 Å². The number of fused-ring (bicyclic) bond motifs is 1. The van der Waals surface area contributed by atoms with E-state index in [1.54, 1.807) is 18.2 Å². The summed E-state index contributed by atoms with van der Waals surface area (Å²) in [7, 11) is 0. The lowest BCUT2D eigenvalue weighted by Gasteiger charge is -2.20. The molecule has 1 aliphatic rings. The van der Waals surface area contributed by atoms with Gasteiger partial charge in [-0.15, -0.1) is 24.8 Å². The number of ether oxygens (including phenoxy) is 1. The molecule has 1 fully saturated rings. The number of halogens is 2. The highest BCUT2D eigenvalue weighted by Crippen LogP contribution is 2.26. The summed E-state index contributed by atoms with van der Waals surface area (Å²) in [5, 5.41) is 24.7. The third-order valence-electron chi connectivity index (χ3n) is 5.54. The molecule has 6 nitrogen and oxygen atoms in total. The average Bonchev–Trinajstić information content (AvgIpc) is 3.25. The van der Waals surface area contributed by atoms with E-state index in [1.165, 1.54) is 0 Å². The summed E-state index contributed by atoms with van der Waals surface area (Å²) in [5.74, 6) is -1.13. The highest BCUT2D eigenvalue weighted by atomic mass is 35.5. The third-order valence-corrected chi connectivity index (χ3v) is 5.54. The Hall–Kier alpha value is -2.80. The van der Waals surface area contributed by atoms with Gasteiger partial charge in [0.05, 0.1) is 0 Å². The Morgan fingerprint density at radius 3 is 2.44 bits per heavy atom.